The van der Waals surface area contributed by atoms with Gasteiger partial charge in [0.2, 0.25) is 0 Å². The molecule has 0 aromatic heterocycles. The number of rotatable bonds is 2. The summed E-state index contributed by atoms with van der Waals surface area (Å²) in [5.41, 5.74) is -1.99. The highest BCUT2D eigenvalue weighted by atomic mass is 35.5. The lowest BCUT2D eigenvalue weighted by atomic mass is 9.70. The molecule has 0 aliphatic heterocycles. The molecule has 0 N–H and O–H groups in total. The zero-order valence-corrected chi connectivity index (χ0v) is 16.2. The van der Waals surface area contributed by atoms with Gasteiger partial charge in [0, 0.05) is 16.7 Å². The molecule has 112 valence electrons. The van der Waals surface area contributed by atoms with Crippen molar-refractivity contribution in [3.05, 3.63) is 0 Å². The molecule has 0 nitrogen and oxygen atoms in total. The van der Waals surface area contributed by atoms with Crippen molar-refractivity contribution in [2.75, 3.05) is 0 Å². The maximum Gasteiger partial charge on any atom is 0.140 e. The first kappa shape index (κ1) is 18.0. The number of hydrogen-bond donors (Lipinski definition) is 0. The Morgan fingerprint density at radius 3 is 1.68 bits per heavy atom. The summed E-state index contributed by atoms with van der Waals surface area (Å²) in [7, 11) is 0. The van der Waals surface area contributed by atoms with Gasteiger partial charge in [0.05, 0.1) is 16.1 Å². The van der Waals surface area contributed by atoms with Gasteiger partial charge in [0.15, 0.2) is 0 Å². The molecule has 2 aliphatic rings. The Morgan fingerprint density at radius 1 is 0.895 bits per heavy atom. The number of hydrogen-bond acceptors (Lipinski definition) is 0. The molecular formula is C10H9Cl9. The highest BCUT2D eigenvalue weighted by Crippen LogP contribution is 2.79. The van der Waals surface area contributed by atoms with Gasteiger partial charge in [0.25, 0.3) is 0 Å². The smallest absolute Gasteiger partial charge is 0.121 e. The van der Waals surface area contributed by atoms with E-state index in [-0.39, 0.29) is 0 Å². The van der Waals surface area contributed by atoms with Crippen LogP contribution in [0.15, 0.2) is 0 Å². The number of fused-ring (bicyclic) bond motifs is 2. The molecule has 2 saturated carbocycles. The fourth-order valence-electron chi connectivity index (χ4n) is 3.62. The van der Waals surface area contributed by atoms with E-state index >= 15 is 0 Å². The quantitative estimate of drug-likeness (QED) is 0.440. The molecule has 0 saturated heterocycles. The van der Waals surface area contributed by atoms with Crippen molar-refractivity contribution in [2.45, 2.75) is 37.1 Å². The van der Waals surface area contributed by atoms with Gasteiger partial charge in [-0.15, -0.1) is 81.2 Å². The lowest BCUT2D eigenvalue weighted by Crippen LogP contribution is -2.55. The molecule has 0 aromatic carbocycles. The van der Waals surface area contributed by atoms with E-state index in [1.165, 1.54) is 0 Å². The Morgan fingerprint density at radius 2 is 1.37 bits per heavy atom. The van der Waals surface area contributed by atoms with Crippen LogP contribution in [0.5, 0.6) is 0 Å². The van der Waals surface area contributed by atoms with E-state index in [1.807, 2.05) is 0 Å². The average Bonchev–Trinajstić information content (AvgIpc) is 2.53. The molecule has 0 spiro atoms. The van der Waals surface area contributed by atoms with E-state index in [0.29, 0.717) is 0 Å². The SMILES string of the molecule is CC1(C(Cl)Cl)C2[C@@H](Cl)[C@H](Cl)C1(C(Cl)Cl)[C@@H](Cl)C2(Cl)Cl. The predicted molar refractivity (Wildman–Crippen MR) is 88.4 cm³/mol. The van der Waals surface area contributed by atoms with Crippen LogP contribution < -0.4 is 0 Å². The van der Waals surface area contributed by atoms with Crippen molar-refractivity contribution in [1.82, 2.24) is 0 Å². The first-order valence-electron chi connectivity index (χ1n) is 5.34. The molecule has 2 aliphatic carbocycles. The van der Waals surface area contributed by atoms with E-state index in [9.17, 15) is 0 Å². The fourth-order valence-corrected chi connectivity index (χ4v) is 8.74. The largest absolute Gasteiger partial charge is 0.140 e. The molecule has 0 radical (unpaired) electrons. The molecule has 19 heavy (non-hydrogen) atoms. The highest BCUT2D eigenvalue weighted by Gasteiger charge is 2.84. The molecule has 6 atom stereocenters. The van der Waals surface area contributed by atoms with Crippen LogP contribution in [0, 0.1) is 16.7 Å². The summed E-state index contributed by atoms with van der Waals surface area (Å²) in [4.78, 5) is -1.84. The van der Waals surface area contributed by atoms with Gasteiger partial charge in [-0.3, -0.25) is 0 Å². The minimum Gasteiger partial charge on any atom is -0.121 e. The summed E-state index contributed by atoms with van der Waals surface area (Å²) in [6.45, 7) is 1.78. The monoisotopic (exact) mass is 444 g/mol. The summed E-state index contributed by atoms with van der Waals surface area (Å²) in [6, 6.07) is 0. The van der Waals surface area contributed by atoms with Crippen LogP contribution in [-0.2, 0) is 0 Å². The summed E-state index contributed by atoms with van der Waals surface area (Å²) >= 11 is 56.7. The van der Waals surface area contributed by atoms with Crippen LogP contribution in [0.3, 0.4) is 0 Å². The van der Waals surface area contributed by atoms with Crippen molar-refractivity contribution in [2.24, 2.45) is 16.7 Å². The fraction of sp³-hybridized carbons (Fsp3) is 1.00. The van der Waals surface area contributed by atoms with E-state index in [1.54, 1.807) is 6.92 Å². The topological polar surface area (TPSA) is 0 Å². The second-order valence-corrected chi connectivity index (χ2v) is 10.2. The van der Waals surface area contributed by atoms with Gasteiger partial charge < -0.3 is 0 Å². The summed E-state index contributed by atoms with van der Waals surface area (Å²) in [5.74, 6) is -0.532. The maximum atomic E-state index is 6.45. The second kappa shape index (κ2) is 5.32. The normalized spacial score (nSPS) is 52.4. The lowest BCUT2D eigenvalue weighted by molar-refractivity contribution is 0.143. The first-order chi connectivity index (χ1) is 8.48. The molecule has 9 heteroatoms. The average molecular weight is 448 g/mol. The third-order valence-electron chi connectivity index (χ3n) is 4.62. The zero-order valence-electron chi connectivity index (χ0n) is 9.37. The van der Waals surface area contributed by atoms with Crippen molar-refractivity contribution in [1.29, 1.82) is 0 Å². The maximum absolute atomic E-state index is 6.45. The highest BCUT2D eigenvalue weighted by molar-refractivity contribution is 6.56. The van der Waals surface area contributed by atoms with Gasteiger partial charge in [-0.25, -0.2) is 0 Å². The van der Waals surface area contributed by atoms with Crippen LogP contribution in [0.2, 0.25) is 0 Å². The van der Waals surface area contributed by atoms with Crippen LogP contribution in [0.1, 0.15) is 6.92 Å². The van der Waals surface area contributed by atoms with Crippen LogP contribution in [0.25, 0.3) is 0 Å². The standard InChI is InChI=1S/C10H9Cl9/c1-8(6(14)15)3-2(11)4(12)9(8,7(16)17)5(13)10(3,18)19/h2-7H,1H3/t2-,3?,4+,5-,8?,9?/m1/s1. The van der Waals surface area contributed by atoms with Gasteiger partial charge in [0.1, 0.15) is 14.0 Å². The minimum absolute atomic E-state index is 0.532. The van der Waals surface area contributed by atoms with E-state index in [0.717, 1.165) is 0 Å². The van der Waals surface area contributed by atoms with E-state index in [4.69, 9.17) is 104 Å². The van der Waals surface area contributed by atoms with Gasteiger partial charge in [-0.1, -0.05) is 30.1 Å². The van der Waals surface area contributed by atoms with Crippen molar-refractivity contribution in [3.8, 4) is 0 Å². The van der Waals surface area contributed by atoms with Crippen molar-refractivity contribution < 1.29 is 0 Å². The molecule has 0 amide bonds. The summed E-state index contributed by atoms with van der Waals surface area (Å²) in [5, 5.41) is -2.05. The molecule has 2 fully saturated rings. The lowest BCUT2D eigenvalue weighted by Gasteiger charge is -2.46. The Hall–Kier alpha value is 2.61. The van der Waals surface area contributed by atoms with Crippen LogP contribution >= 0.6 is 104 Å². The number of alkyl halides is 9. The summed E-state index contributed by atoms with van der Waals surface area (Å²) < 4.78 is -1.36. The predicted octanol–water partition coefficient (Wildman–Crippen LogP) is 6.23. The van der Waals surface area contributed by atoms with Gasteiger partial charge in [-0.2, -0.15) is 0 Å². The number of halogens is 9. The molecule has 2 rings (SSSR count). The Kier molecular flexibility index (Phi) is 5.02. The molecule has 2 bridgehead atoms. The summed E-state index contributed by atoms with van der Waals surface area (Å²) in [6.07, 6.45) is 0. The Labute approximate surface area is 157 Å². The molecule has 0 aromatic rings. The third kappa shape index (κ3) is 1.88. The van der Waals surface area contributed by atoms with Crippen LogP contribution in [0.4, 0.5) is 0 Å². The van der Waals surface area contributed by atoms with Crippen molar-refractivity contribution >= 4 is 104 Å². The second-order valence-electron chi connectivity index (χ2n) is 5.18. The molecular weight excluding hydrogens is 439 g/mol. The van der Waals surface area contributed by atoms with Crippen LogP contribution in [-0.4, -0.2) is 30.1 Å². The molecule has 0 heterocycles. The minimum atomic E-state index is -1.36. The zero-order chi connectivity index (χ0) is 15.0. The van der Waals surface area contributed by atoms with E-state index < -0.39 is 46.9 Å². The Balaban J connectivity index is 2.75. The third-order valence-corrected chi connectivity index (χ3v) is 9.35. The van der Waals surface area contributed by atoms with E-state index in [2.05, 4.69) is 0 Å². The Bertz CT molecular complexity index is 383. The molecule has 3 unspecified atom stereocenters. The van der Waals surface area contributed by atoms with Gasteiger partial charge in [-0.05, 0) is 0 Å². The first-order valence-corrected chi connectivity index (χ1v) is 9.15. The van der Waals surface area contributed by atoms with Crippen molar-refractivity contribution in [3.63, 3.8) is 0 Å². The van der Waals surface area contributed by atoms with Gasteiger partial charge >= 0.3 is 0 Å².